The maximum absolute atomic E-state index is 11.0. The van der Waals surface area contributed by atoms with Gasteiger partial charge in [0, 0.05) is 0 Å². The number of hydrogen-bond acceptors (Lipinski definition) is 3. The molecule has 0 saturated carbocycles. The summed E-state index contributed by atoms with van der Waals surface area (Å²) in [6.07, 6.45) is 4.24. The van der Waals surface area contributed by atoms with Gasteiger partial charge < -0.3 is 14.0 Å². The van der Waals surface area contributed by atoms with Crippen molar-refractivity contribution in [2.75, 3.05) is 6.61 Å². The van der Waals surface area contributed by atoms with E-state index in [1.807, 2.05) is 6.92 Å². The van der Waals surface area contributed by atoms with Crippen LogP contribution < -0.4 is 4.89 Å². The van der Waals surface area contributed by atoms with E-state index in [-0.39, 0.29) is 0 Å². The lowest BCUT2D eigenvalue weighted by Gasteiger charge is -2.22. The van der Waals surface area contributed by atoms with E-state index in [4.69, 9.17) is 4.52 Å². The zero-order chi connectivity index (χ0) is 11.0. The first kappa shape index (κ1) is 13.9. The van der Waals surface area contributed by atoms with Crippen molar-refractivity contribution in [3.8, 4) is 0 Å². The standard InChI is InChI=1S/C10H21O3P/c1-4-7-8-10(5-2)9-13-14(11,12)6-3/h6,10H,3-5,7-9H2,1-2H3,(H,11,12)/p-1. The molecule has 0 aliphatic rings. The van der Waals surface area contributed by atoms with Crippen molar-refractivity contribution < 1.29 is 14.0 Å². The van der Waals surface area contributed by atoms with Gasteiger partial charge in [-0.2, -0.15) is 0 Å². The van der Waals surface area contributed by atoms with Crippen LogP contribution >= 0.6 is 7.60 Å². The summed E-state index contributed by atoms with van der Waals surface area (Å²) in [6.45, 7) is 7.66. The highest BCUT2D eigenvalue weighted by Crippen LogP contribution is 2.38. The van der Waals surface area contributed by atoms with E-state index in [0.29, 0.717) is 12.5 Å². The molecule has 4 heteroatoms. The molecule has 0 amide bonds. The van der Waals surface area contributed by atoms with Gasteiger partial charge >= 0.3 is 0 Å². The van der Waals surface area contributed by atoms with Gasteiger partial charge in [0.2, 0.25) is 0 Å². The van der Waals surface area contributed by atoms with Crippen molar-refractivity contribution in [1.82, 2.24) is 0 Å². The van der Waals surface area contributed by atoms with E-state index in [2.05, 4.69) is 13.5 Å². The Hall–Kier alpha value is -0.110. The van der Waals surface area contributed by atoms with Gasteiger partial charge in [0.1, 0.15) is 0 Å². The predicted molar refractivity (Wildman–Crippen MR) is 57.1 cm³/mol. The predicted octanol–water partition coefficient (Wildman–Crippen LogP) is 2.92. The van der Waals surface area contributed by atoms with Crippen LogP contribution in [0.15, 0.2) is 12.4 Å². The Kier molecular flexibility index (Phi) is 7.16. The Balaban J connectivity index is 3.83. The molecule has 0 aliphatic carbocycles. The second-order valence-electron chi connectivity index (χ2n) is 3.43. The summed E-state index contributed by atoms with van der Waals surface area (Å²) in [7, 11) is -3.76. The number of rotatable bonds is 8. The molecule has 0 saturated heterocycles. The second kappa shape index (κ2) is 7.22. The molecular weight excluding hydrogens is 199 g/mol. The molecule has 0 aromatic rings. The van der Waals surface area contributed by atoms with Gasteiger partial charge in [-0.3, -0.25) is 0 Å². The van der Waals surface area contributed by atoms with E-state index < -0.39 is 7.60 Å². The van der Waals surface area contributed by atoms with Crippen molar-refractivity contribution in [2.45, 2.75) is 39.5 Å². The first-order valence-electron chi connectivity index (χ1n) is 5.14. The second-order valence-corrected chi connectivity index (χ2v) is 5.14. The van der Waals surface area contributed by atoms with Crippen LogP contribution in [0.5, 0.6) is 0 Å². The molecule has 0 N–H and O–H groups in total. The molecule has 3 nitrogen and oxygen atoms in total. The summed E-state index contributed by atoms with van der Waals surface area (Å²) in [5, 5.41) is 0. The fourth-order valence-corrected chi connectivity index (χ4v) is 1.68. The zero-order valence-electron chi connectivity index (χ0n) is 9.07. The maximum atomic E-state index is 11.0. The van der Waals surface area contributed by atoms with Crippen LogP contribution in [0.1, 0.15) is 39.5 Å². The molecule has 0 heterocycles. The van der Waals surface area contributed by atoms with E-state index >= 15 is 0 Å². The Morgan fingerprint density at radius 2 is 2.21 bits per heavy atom. The molecular formula is C10H20O3P-. The maximum Gasteiger partial charge on any atom is 0.157 e. The molecule has 0 aromatic carbocycles. The van der Waals surface area contributed by atoms with E-state index in [9.17, 15) is 9.46 Å². The number of hydrogen-bond donors (Lipinski definition) is 0. The third-order valence-electron chi connectivity index (χ3n) is 2.26. The van der Waals surface area contributed by atoms with Gasteiger partial charge in [-0.1, -0.05) is 39.7 Å². The van der Waals surface area contributed by atoms with Gasteiger partial charge in [0.15, 0.2) is 7.60 Å². The lowest BCUT2D eigenvalue weighted by molar-refractivity contribution is -0.195. The molecule has 0 spiro atoms. The van der Waals surface area contributed by atoms with Crippen molar-refractivity contribution in [1.29, 1.82) is 0 Å². The third kappa shape index (κ3) is 6.36. The molecule has 0 fully saturated rings. The summed E-state index contributed by atoms with van der Waals surface area (Å²) in [5.41, 5.74) is 0. The molecule has 0 aliphatic heterocycles. The highest BCUT2D eigenvalue weighted by Gasteiger charge is 2.09. The quantitative estimate of drug-likeness (QED) is 0.590. The monoisotopic (exact) mass is 219 g/mol. The molecule has 0 rings (SSSR count). The normalized spacial score (nSPS) is 17.4. The first-order valence-corrected chi connectivity index (χ1v) is 6.75. The molecule has 0 bridgehead atoms. The van der Waals surface area contributed by atoms with Gasteiger partial charge in [0.05, 0.1) is 6.61 Å². The summed E-state index contributed by atoms with van der Waals surface area (Å²) in [5.74, 6) is 1.22. The van der Waals surface area contributed by atoms with Crippen LogP contribution in [0.3, 0.4) is 0 Å². The minimum absolute atomic E-state index is 0.295. The Morgan fingerprint density at radius 1 is 1.57 bits per heavy atom. The highest BCUT2D eigenvalue weighted by molar-refractivity contribution is 7.54. The van der Waals surface area contributed by atoms with Crippen LogP contribution in [0.25, 0.3) is 0 Å². The highest BCUT2D eigenvalue weighted by atomic mass is 31.2. The van der Waals surface area contributed by atoms with Gasteiger partial charge in [-0.25, -0.2) is 0 Å². The van der Waals surface area contributed by atoms with Crippen LogP contribution in [0, 0.1) is 5.92 Å². The molecule has 2 atom stereocenters. The molecule has 84 valence electrons. The SMILES string of the molecule is C=CP(=O)([O-])OCC(CC)CCCC. The van der Waals surface area contributed by atoms with Crippen molar-refractivity contribution in [2.24, 2.45) is 5.92 Å². The summed E-state index contributed by atoms with van der Waals surface area (Å²) in [4.78, 5) is 11.0. The van der Waals surface area contributed by atoms with Crippen LogP contribution in [-0.2, 0) is 9.09 Å². The molecule has 0 aromatic heterocycles. The van der Waals surface area contributed by atoms with Gasteiger partial charge in [0.25, 0.3) is 0 Å². The summed E-state index contributed by atoms with van der Waals surface area (Å²) in [6, 6.07) is 0. The van der Waals surface area contributed by atoms with Crippen molar-refractivity contribution >= 4 is 7.60 Å². The fraction of sp³-hybridized carbons (Fsp3) is 0.800. The van der Waals surface area contributed by atoms with Crippen molar-refractivity contribution in [3.05, 3.63) is 12.4 Å². The lowest BCUT2D eigenvalue weighted by atomic mass is 10.0. The van der Waals surface area contributed by atoms with Crippen LogP contribution in [0.4, 0.5) is 0 Å². The topological polar surface area (TPSA) is 49.4 Å². The van der Waals surface area contributed by atoms with Gasteiger partial charge in [-0.05, 0) is 18.2 Å². The van der Waals surface area contributed by atoms with Crippen molar-refractivity contribution in [3.63, 3.8) is 0 Å². The zero-order valence-corrected chi connectivity index (χ0v) is 9.96. The van der Waals surface area contributed by atoms with Crippen LogP contribution in [0.2, 0.25) is 0 Å². The fourth-order valence-electron chi connectivity index (χ4n) is 1.16. The van der Waals surface area contributed by atoms with Gasteiger partial charge in [-0.15, -0.1) is 0 Å². The van der Waals surface area contributed by atoms with E-state index in [1.165, 1.54) is 0 Å². The largest absolute Gasteiger partial charge is 0.775 e. The minimum atomic E-state index is -3.76. The average Bonchev–Trinajstić information content (AvgIpc) is 2.18. The molecule has 0 radical (unpaired) electrons. The lowest BCUT2D eigenvalue weighted by Crippen LogP contribution is -2.11. The summed E-state index contributed by atoms with van der Waals surface area (Å²) < 4.78 is 15.8. The molecule has 2 unspecified atom stereocenters. The minimum Gasteiger partial charge on any atom is -0.775 e. The smallest absolute Gasteiger partial charge is 0.157 e. The Labute approximate surface area is 86.7 Å². The Morgan fingerprint density at radius 3 is 2.64 bits per heavy atom. The first-order chi connectivity index (χ1) is 6.55. The van der Waals surface area contributed by atoms with Crippen LogP contribution in [-0.4, -0.2) is 6.61 Å². The summed E-state index contributed by atoms with van der Waals surface area (Å²) >= 11 is 0. The Bertz CT molecular complexity index is 204. The third-order valence-corrected chi connectivity index (χ3v) is 3.21. The molecule has 14 heavy (non-hydrogen) atoms. The van der Waals surface area contributed by atoms with E-state index in [0.717, 1.165) is 31.5 Å². The van der Waals surface area contributed by atoms with E-state index in [1.54, 1.807) is 0 Å². The average molecular weight is 219 g/mol. The number of unbranched alkanes of at least 4 members (excludes halogenated alkanes) is 1.